The van der Waals surface area contributed by atoms with Crippen LogP contribution in [0.15, 0.2) is 18.2 Å². The normalized spacial score (nSPS) is 24.6. The molecule has 3 heteroatoms. The SMILES string of the molecule is CCNC(c1ccc(Cl)c(F)c1)C1CCC(CC)CC1. The first-order valence-electron chi connectivity index (χ1n) is 7.84. The van der Waals surface area contributed by atoms with E-state index in [2.05, 4.69) is 19.2 Å². The van der Waals surface area contributed by atoms with Crippen molar-refractivity contribution in [3.8, 4) is 0 Å². The maximum Gasteiger partial charge on any atom is 0.142 e. The van der Waals surface area contributed by atoms with Crippen molar-refractivity contribution in [3.63, 3.8) is 0 Å². The average Bonchev–Trinajstić information content (AvgIpc) is 2.48. The van der Waals surface area contributed by atoms with Gasteiger partial charge < -0.3 is 5.32 Å². The van der Waals surface area contributed by atoms with Crippen LogP contribution in [0.2, 0.25) is 5.02 Å². The lowest BCUT2D eigenvalue weighted by Gasteiger charge is -2.34. The lowest BCUT2D eigenvalue weighted by Crippen LogP contribution is -2.31. The molecule has 1 aliphatic rings. The molecule has 1 N–H and O–H groups in total. The molecule has 1 saturated carbocycles. The Kier molecular flexibility index (Phi) is 5.86. The molecular formula is C17H25ClFN. The van der Waals surface area contributed by atoms with Gasteiger partial charge in [-0.25, -0.2) is 4.39 Å². The van der Waals surface area contributed by atoms with E-state index in [1.807, 2.05) is 6.07 Å². The maximum absolute atomic E-state index is 13.7. The molecule has 20 heavy (non-hydrogen) atoms. The van der Waals surface area contributed by atoms with Crippen molar-refractivity contribution in [2.24, 2.45) is 11.8 Å². The summed E-state index contributed by atoms with van der Waals surface area (Å²) in [6.07, 6.45) is 6.37. The van der Waals surface area contributed by atoms with Crippen molar-refractivity contribution in [1.29, 1.82) is 0 Å². The van der Waals surface area contributed by atoms with Crippen molar-refractivity contribution in [2.75, 3.05) is 6.54 Å². The predicted molar refractivity (Wildman–Crippen MR) is 83.6 cm³/mol. The zero-order valence-corrected chi connectivity index (χ0v) is 13.2. The first-order chi connectivity index (χ1) is 9.65. The number of benzene rings is 1. The Morgan fingerprint density at radius 1 is 1.25 bits per heavy atom. The number of hydrogen-bond acceptors (Lipinski definition) is 1. The second-order valence-corrected chi connectivity index (χ2v) is 6.31. The van der Waals surface area contributed by atoms with Gasteiger partial charge in [0.1, 0.15) is 5.82 Å². The van der Waals surface area contributed by atoms with Gasteiger partial charge in [-0.15, -0.1) is 0 Å². The molecule has 1 unspecified atom stereocenters. The van der Waals surface area contributed by atoms with Crippen LogP contribution in [0.5, 0.6) is 0 Å². The lowest BCUT2D eigenvalue weighted by atomic mass is 9.76. The molecule has 0 bridgehead atoms. The van der Waals surface area contributed by atoms with Gasteiger partial charge in [0.25, 0.3) is 0 Å². The fourth-order valence-electron chi connectivity index (χ4n) is 3.41. The Morgan fingerprint density at radius 2 is 1.95 bits per heavy atom. The van der Waals surface area contributed by atoms with Gasteiger partial charge in [-0.2, -0.15) is 0 Å². The van der Waals surface area contributed by atoms with E-state index >= 15 is 0 Å². The Hall–Kier alpha value is -0.600. The summed E-state index contributed by atoms with van der Waals surface area (Å²) in [5.41, 5.74) is 1.04. The number of rotatable bonds is 5. The Balaban J connectivity index is 2.12. The molecule has 1 atom stereocenters. The highest BCUT2D eigenvalue weighted by Crippen LogP contribution is 2.38. The van der Waals surface area contributed by atoms with Crippen LogP contribution in [0.4, 0.5) is 4.39 Å². The molecule has 1 fully saturated rings. The van der Waals surface area contributed by atoms with Crippen molar-refractivity contribution in [3.05, 3.63) is 34.6 Å². The number of nitrogens with one attached hydrogen (secondary N) is 1. The van der Waals surface area contributed by atoms with Crippen LogP contribution in [0.3, 0.4) is 0 Å². The molecule has 0 heterocycles. The molecule has 112 valence electrons. The van der Waals surface area contributed by atoms with E-state index < -0.39 is 0 Å². The second-order valence-electron chi connectivity index (χ2n) is 5.90. The van der Waals surface area contributed by atoms with Crippen molar-refractivity contribution >= 4 is 11.6 Å². The molecule has 1 nitrogen and oxygen atoms in total. The van der Waals surface area contributed by atoms with E-state index in [4.69, 9.17) is 11.6 Å². The molecule has 1 aromatic rings. The highest BCUT2D eigenvalue weighted by molar-refractivity contribution is 6.30. The Labute approximate surface area is 126 Å². The minimum Gasteiger partial charge on any atom is -0.310 e. The van der Waals surface area contributed by atoms with Crippen LogP contribution in [0.1, 0.15) is 57.6 Å². The largest absolute Gasteiger partial charge is 0.310 e. The summed E-state index contributed by atoms with van der Waals surface area (Å²) in [5.74, 6) is 1.18. The third-order valence-electron chi connectivity index (χ3n) is 4.67. The van der Waals surface area contributed by atoms with Gasteiger partial charge in [-0.1, -0.05) is 50.8 Å². The Bertz CT molecular complexity index is 427. The third-order valence-corrected chi connectivity index (χ3v) is 4.97. The molecule has 1 aromatic carbocycles. The van der Waals surface area contributed by atoms with Gasteiger partial charge in [0.15, 0.2) is 0 Å². The molecule has 0 radical (unpaired) electrons. The van der Waals surface area contributed by atoms with Gasteiger partial charge in [-0.05, 0) is 48.9 Å². The molecule has 0 amide bonds. The first-order valence-corrected chi connectivity index (χ1v) is 8.21. The van der Waals surface area contributed by atoms with Crippen LogP contribution in [-0.2, 0) is 0 Å². The monoisotopic (exact) mass is 297 g/mol. The van der Waals surface area contributed by atoms with Crippen molar-refractivity contribution < 1.29 is 4.39 Å². The molecule has 2 rings (SSSR count). The van der Waals surface area contributed by atoms with Gasteiger partial charge >= 0.3 is 0 Å². The minimum absolute atomic E-state index is 0.207. The van der Waals surface area contributed by atoms with Gasteiger partial charge in [0.05, 0.1) is 5.02 Å². The van der Waals surface area contributed by atoms with Crippen LogP contribution in [-0.4, -0.2) is 6.54 Å². The first kappa shape index (κ1) is 15.8. The average molecular weight is 298 g/mol. The summed E-state index contributed by atoms with van der Waals surface area (Å²) >= 11 is 5.79. The summed E-state index contributed by atoms with van der Waals surface area (Å²) in [4.78, 5) is 0. The van der Waals surface area contributed by atoms with Gasteiger partial charge in [0.2, 0.25) is 0 Å². The van der Waals surface area contributed by atoms with E-state index in [0.29, 0.717) is 5.92 Å². The van der Waals surface area contributed by atoms with Crippen molar-refractivity contribution in [2.45, 2.75) is 52.0 Å². The molecule has 0 aliphatic heterocycles. The van der Waals surface area contributed by atoms with Gasteiger partial charge in [0, 0.05) is 6.04 Å². The summed E-state index contributed by atoms with van der Waals surface area (Å²) in [6.45, 7) is 5.29. The predicted octanol–water partition coefficient (Wildman–Crippen LogP) is 5.35. The zero-order valence-electron chi connectivity index (χ0n) is 12.5. The molecule has 0 saturated heterocycles. The highest BCUT2D eigenvalue weighted by atomic mass is 35.5. The van der Waals surface area contributed by atoms with Crippen molar-refractivity contribution in [1.82, 2.24) is 5.32 Å². The lowest BCUT2D eigenvalue weighted by molar-refractivity contribution is 0.220. The van der Waals surface area contributed by atoms with Gasteiger partial charge in [-0.3, -0.25) is 0 Å². The van der Waals surface area contributed by atoms with E-state index in [0.717, 1.165) is 18.0 Å². The zero-order chi connectivity index (χ0) is 14.5. The minimum atomic E-state index is -0.311. The standard InChI is InChI=1S/C17H25ClFN/c1-3-12-5-7-13(8-6-12)17(20-4-2)14-9-10-15(18)16(19)11-14/h9-13,17,20H,3-8H2,1-2H3. The van der Waals surface area contributed by atoms with Crippen LogP contribution in [0, 0.1) is 17.7 Å². The summed E-state index contributed by atoms with van der Waals surface area (Å²) < 4.78 is 13.7. The van der Waals surface area contributed by atoms with E-state index in [1.165, 1.54) is 32.1 Å². The second kappa shape index (κ2) is 7.42. The maximum atomic E-state index is 13.7. The topological polar surface area (TPSA) is 12.0 Å². The highest BCUT2D eigenvalue weighted by Gasteiger charge is 2.27. The molecule has 0 spiro atoms. The molecular weight excluding hydrogens is 273 g/mol. The van der Waals surface area contributed by atoms with E-state index in [-0.39, 0.29) is 16.9 Å². The van der Waals surface area contributed by atoms with Crippen LogP contribution < -0.4 is 5.32 Å². The van der Waals surface area contributed by atoms with E-state index in [1.54, 1.807) is 12.1 Å². The Morgan fingerprint density at radius 3 is 2.50 bits per heavy atom. The molecule has 0 aromatic heterocycles. The quantitative estimate of drug-likeness (QED) is 0.773. The third kappa shape index (κ3) is 3.73. The fraction of sp³-hybridized carbons (Fsp3) is 0.647. The number of hydrogen-bond donors (Lipinski definition) is 1. The number of halogens is 2. The molecule has 1 aliphatic carbocycles. The summed E-state index contributed by atoms with van der Waals surface area (Å²) in [7, 11) is 0. The van der Waals surface area contributed by atoms with Crippen LogP contribution in [0.25, 0.3) is 0 Å². The van der Waals surface area contributed by atoms with E-state index in [9.17, 15) is 4.39 Å². The summed E-state index contributed by atoms with van der Waals surface area (Å²) in [5, 5.41) is 3.75. The smallest absolute Gasteiger partial charge is 0.142 e. The van der Waals surface area contributed by atoms with Crippen LogP contribution >= 0.6 is 11.6 Å². The fourth-order valence-corrected chi connectivity index (χ4v) is 3.53. The summed E-state index contributed by atoms with van der Waals surface area (Å²) in [6, 6.07) is 5.49.